The summed E-state index contributed by atoms with van der Waals surface area (Å²) in [6.07, 6.45) is 0.302. The number of benzene rings is 2. The van der Waals surface area contributed by atoms with E-state index >= 15 is 0 Å². The lowest BCUT2D eigenvalue weighted by Gasteiger charge is -2.22. The minimum absolute atomic E-state index is 0.0293. The van der Waals surface area contributed by atoms with Crippen LogP contribution in [0.1, 0.15) is 17.5 Å². The number of carbonyl (C=O) groups excluding carboxylic acids is 1. The maximum absolute atomic E-state index is 13.3. The Bertz CT molecular complexity index is 795. The monoisotopic (exact) mass is 382 g/mol. The third-order valence-corrected chi connectivity index (χ3v) is 4.74. The van der Waals surface area contributed by atoms with Gasteiger partial charge in [-0.25, -0.2) is 13.2 Å². The first-order valence-corrected chi connectivity index (χ1v) is 8.67. The van der Waals surface area contributed by atoms with Crippen molar-refractivity contribution in [3.05, 3.63) is 70.0 Å². The second-order valence-corrected chi connectivity index (χ2v) is 6.76. The Morgan fingerprint density at radius 3 is 2.31 bits per heavy atom. The summed E-state index contributed by atoms with van der Waals surface area (Å²) in [5, 5.41) is 0.286. The molecule has 1 aliphatic heterocycles. The van der Waals surface area contributed by atoms with Gasteiger partial charge in [-0.2, -0.15) is 0 Å². The Morgan fingerprint density at radius 1 is 0.885 bits per heavy atom. The molecule has 2 aromatic carbocycles. The molecule has 138 valence electrons. The van der Waals surface area contributed by atoms with Crippen LogP contribution in [0.3, 0.4) is 0 Å². The molecule has 0 radical (unpaired) electrons. The van der Waals surface area contributed by atoms with E-state index < -0.39 is 17.5 Å². The highest BCUT2D eigenvalue weighted by molar-refractivity contribution is 6.31. The standard InChI is InChI=1S/C19H18ClF3N2O/c20-18-10-15(21)2-1-14(18)12-25-6-5-24(4-3-19(25)26)11-13-7-16(22)9-17(23)8-13/h1-2,7-10H,3-6,11-12H2. The zero-order chi connectivity index (χ0) is 18.7. The second-order valence-electron chi connectivity index (χ2n) is 6.35. The first kappa shape index (κ1) is 18.7. The zero-order valence-corrected chi connectivity index (χ0v) is 14.8. The molecule has 0 saturated carbocycles. The van der Waals surface area contributed by atoms with E-state index in [1.807, 2.05) is 4.90 Å². The largest absolute Gasteiger partial charge is 0.337 e. The molecular weight excluding hydrogens is 365 g/mol. The van der Waals surface area contributed by atoms with Crippen molar-refractivity contribution in [1.29, 1.82) is 0 Å². The minimum atomic E-state index is -0.613. The highest BCUT2D eigenvalue weighted by atomic mass is 35.5. The quantitative estimate of drug-likeness (QED) is 0.798. The third-order valence-electron chi connectivity index (χ3n) is 4.39. The number of carbonyl (C=O) groups is 1. The fraction of sp³-hybridized carbons (Fsp3) is 0.316. The molecule has 1 aliphatic rings. The predicted molar refractivity (Wildman–Crippen MR) is 93.1 cm³/mol. The summed E-state index contributed by atoms with van der Waals surface area (Å²) < 4.78 is 39.8. The van der Waals surface area contributed by atoms with Gasteiger partial charge in [0.2, 0.25) is 5.91 Å². The van der Waals surface area contributed by atoms with Gasteiger partial charge in [0.25, 0.3) is 0 Å². The predicted octanol–water partition coefficient (Wildman–Crippen LogP) is 3.99. The molecule has 0 atom stereocenters. The van der Waals surface area contributed by atoms with Crippen LogP contribution in [0.5, 0.6) is 0 Å². The molecule has 1 saturated heterocycles. The lowest BCUT2D eigenvalue weighted by molar-refractivity contribution is -0.130. The minimum Gasteiger partial charge on any atom is -0.337 e. The lowest BCUT2D eigenvalue weighted by Crippen LogP contribution is -2.32. The van der Waals surface area contributed by atoms with Crippen molar-refractivity contribution in [1.82, 2.24) is 9.80 Å². The Kier molecular flexibility index (Phi) is 5.84. The molecule has 3 rings (SSSR count). The summed E-state index contributed by atoms with van der Waals surface area (Å²) in [6.45, 7) is 2.21. The normalized spacial score (nSPS) is 16.0. The van der Waals surface area contributed by atoms with Crippen molar-refractivity contribution in [2.24, 2.45) is 0 Å². The van der Waals surface area contributed by atoms with Crippen LogP contribution in [0.25, 0.3) is 0 Å². The van der Waals surface area contributed by atoms with Crippen LogP contribution >= 0.6 is 11.6 Å². The fourth-order valence-corrected chi connectivity index (χ4v) is 3.28. The van der Waals surface area contributed by atoms with E-state index in [1.165, 1.54) is 24.3 Å². The molecule has 1 heterocycles. The molecule has 26 heavy (non-hydrogen) atoms. The number of nitrogens with zero attached hydrogens (tertiary/aromatic N) is 2. The Labute approximate surface area is 155 Å². The lowest BCUT2D eigenvalue weighted by atomic mass is 10.2. The number of hydrogen-bond donors (Lipinski definition) is 0. The Morgan fingerprint density at radius 2 is 1.62 bits per heavy atom. The Balaban J connectivity index is 1.65. The van der Waals surface area contributed by atoms with Gasteiger partial charge in [0.1, 0.15) is 17.5 Å². The van der Waals surface area contributed by atoms with Gasteiger partial charge in [-0.15, -0.1) is 0 Å². The van der Waals surface area contributed by atoms with Crippen molar-refractivity contribution >= 4 is 17.5 Å². The Hall–Kier alpha value is -2.05. The number of amides is 1. The van der Waals surface area contributed by atoms with Crippen molar-refractivity contribution in [3.8, 4) is 0 Å². The average molecular weight is 383 g/mol. The first-order chi connectivity index (χ1) is 12.4. The van der Waals surface area contributed by atoms with Crippen LogP contribution in [0.2, 0.25) is 5.02 Å². The van der Waals surface area contributed by atoms with Crippen molar-refractivity contribution in [3.63, 3.8) is 0 Å². The summed E-state index contributed by atoms with van der Waals surface area (Å²) in [6, 6.07) is 7.54. The first-order valence-electron chi connectivity index (χ1n) is 8.30. The van der Waals surface area contributed by atoms with Crippen molar-refractivity contribution in [2.75, 3.05) is 19.6 Å². The van der Waals surface area contributed by atoms with Gasteiger partial charge in [-0.1, -0.05) is 17.7 Å². The average Bonchev–Trinajstić information content (AvgIpc) is 2.72. The van der Waals surface area contributed by atoms with Gasteiger partial charge in [0, 0.05) is 50.2 Å². The van der Waals surface area contributed by atoms with E-state index in [-0.39, 0.29) is 10.9 Å². The van der Waals surface area contributed by atoms with E-state index in [2.05, 4.69) is 0 Å². The van der Waals surface area contributed by atoms with E-state index in [4.69, 9.17) is 11.6 Å². The molecule has 7 heteroatoms. The summed E-state index contributed by atoms with van der Waals surface area (Å²) in [5.41, 5.74) is 1.21. The maximum atomic E-state index is 13.3. The molecule has 2 aromatic rings. The van der Waals surface area contributed by atoms with Crippen molar-refractivity contribution < 1.29 is 18.0 Å². The zero-order valence-electron chi connectivity index (χ0n) is 14.0. The van der Waals surface area contributed by atoms with E-state index in [9.17, 15) is 18.0 Å². The van der Waals surface area contributed by atoms with Gasteiger partial charge in [-0.3, -0.25) is 9.69 Å². The number of halogens is 4. The van der Waals surface area contributed by atoms with E-state index in [0.29, 0.717) is 50.3 Å². The topological polar surface area (TPSA) is 23.6 Å². The van der Waals surface area contributed by atoms with Crippen molar-refractivity contribution in [2.45, 2.75) is 19.5 Å². The van der Waals surface area contributed by atoms with Crippen LogP contribution in [-0.2, 0) is 17.9 Å². The maximum Gasteiger partial charge on any atom is 0.224 e. The number of rotatable bonds is 4. The second kappa shape index (κ2) is 8.10. The van der Waals surface area contributed by atoms with E-state index in [0.717, 1.165) is 6.07 Å². The molecule has 0 spiro atoms. The fourth-order valence-electron chi connectivity index (χ4n) is 3.05. The summed E-state index contributed by atoms with van der Waals surface area (Å²) in [7, 11) is 0. The smallest absolute Gasteiger partial charge is 0.224 e. The van der Waals surface area contributed by atoms with E-state index in [1.54, 1.807) is 11.0 Å². The van der Waals surface area contributed by atoms with Crippen LogP contribution in [0.15, 0.2) is 36.4 Å². The SMILES string of the molecule is O=C1CCN(Cc2cc(F)cc(F)c2)CCN1Cc1ccc(F)cc1Cl. The molecule has 0 aliphatic carbocycles. The molecule has 0 N–H and O–H groups in total. The molecule has 3 nitrogen and oxygen atoms in total. The summed E-state index contributed by atoms with van der Waals surface area (Å²) in [5.74, 6) is -1.68. The molecular formula is C19H18ClF3N2O. The van der Waals surface area contributed by atoms with Crippen LogP contribution in [-0.4, -0.2) is 35.3 Å². The summed E-state index contributed by atoms with van der Waals surface area (Å²) in [4.78, 5) is 16.0. The van der Waals surface area contributed by atoms with Crippen LogP contribution < -0.4 is 0 Å². The number of hydrogen-bond acceptors (Lipinski definition) is 2. The van der Waals surface area contributed by atoms with Gasteiger partial charge in [0.15, 0.2) is 0 Å². The molecule has 1 amide bonds. The molecule has 1 fully saturated rings. The van der Waals surface area contributed by atoms with Gasteiger partial charge in [0.05, 0.1) is 0 Å². The van der Waals surface area contributed by atoms with Gasteiger partial charge >= 0.3 is 0 Å². The molecule has 0 aromatic heterocycles. The van der Waals surface area contributed by atoms with Crippen LogP contribution in [0, 0.1) is 17.5 Å². The molecule has 0 unspecified atom stereocenters. The molecule has 0 bridgehead atoms. The third kappa shape index (κ3) is 4.77. The van der Waals surface area contributed by atoms with Gasteiger partial charge < -0.3 is 4.90 Å². The summed E-state index contributed by atoms with van der Waals surface area (Å²) >= 11 is 6.04. The van der Waals surface area contributed by atoms with Gasteiger partial charge in [-0.05, 0) is 35.4 Å². The highest BCUT2D eigenvalue weighted by Crippen LogP contribution is 2.20. The van der Waals surface area contributed by atoms with Crippen LogP contribution in [0.4, 0.5) is 13.2 Å². The highest BCUT2D eigenvalue weighted by Gasteiger charge is 2.22.